The Morgan fingerprint density at radius 3 is 2.68 bits per heavy atom. The molecule has 1 aromatic carbocycles. The van der Waals surface area contributed by atoms with E-state index in [9.17, 15) is 0 Å². The number of aromatic nitrogens is 2. The Morgan fingerprint density at radius 2 is 2.00 bits per heavy atom. The summed E-state index contributed by atoms with van der Waals surface area (Å²) in [6.45, 7) is 7.26. The van der Waals surface area contributed by atoms with E-state index >= 15 is 0 Å². The lowest BCUT2D eigenvalue weighted by atomic mass is 10.2. The summed E-state index contributed by atoms with van der Waals surface area (Å²) in [4.78, 5) is 9.00. The number of furan rings is 1. The van der Waals surface area contributed by atoms with Gasteiger partial charge >= 0.3 is 0 Å². The zero-order valence-electron chi connectivity index (χ0n) is 16.2. The van der Waals surface area contributed by atoms with Crippen LogP contribution in [0, 0.1) is 6.92 Å². The molecule has 0 fully saturated rings. The normalized spacial score (nSPS) is 12.8. The summed E-state index contributed by atoms with van der Waals surface area (Å²) in [7, 11) is 0. The monoisotopic (exact) mass is 401 g/mol. The average Bonchev–Trinajstić information content (AvgIpc) is 3.32. The third-order valence-electron chi connectivity index (χ3n) is 4.05. The Labute approximate surface area is 169 Å². The van der Waals surface area contributed by atoms with Crippen molar-refractivity contribution in [3.8, 4) is 11.4 Å². The van der Waals surface area contributed by atoms with Gasteiger partial charge in [0.25, 0.3) is 0 Å². The first-order valence-corrected chi connectivity index (χ1v) is 9.62. The van der Waals surface area contributed by atoms with E-state index in [0.717, 1.165) is 23.6 Å². The predicted molar refractivity (Wildman–Crippen MR) is 109 cm³/mol. The zero-order chi connectivity index (χ0) is 19.9. The van der Waals surface area contributed by atoms with Crippen LogP contribution in [0.2, 0.25) is 5.02 Å². The van der Waals surface area contributed by atoms with Crippen molar-refractivity contribution in [2.45, 2.75) is 33.2 Å². The van der Waals surface area contributed by atoms with Crippen LogP contribution < -0.4 is 10.6 Å². The first-order valence-electron chi connectivity index (χ1n) is 9.25. The van der Waals surface area contributed by atoms with Crippen molar-refractivity contribution < 1.29 is 8.94 Å². The molecule has 28 heavy (non-hydrogen) atoms. The number of nitrogens with one attached hydrogen (secondary N) is 2. The van der Waals surface area contributed by atoms with Gasteiger partial charge in [0.15, 0.2) is 5.96 Å². The molecule has 0 amide bonds. The van der Waals surface area contributed by atoms with Gasteiger partial charge in [0, 0.05) is 23.6 Å². The molecule has 8 heteroatoms. The van der Waals surface area contributed by atoms with Crippen LogP contribution in [0.1, 0.15) is 37.3 Å². The Hall–Kier alpha value is -2.80. The minimum Gasteiger partial charge on any atom is -0.464 e. The van der Waals surface area contributed by atoms with Gasteiger partial charge in [0.1, 0.15) is 11.5 Å². The van der Waals surface area contributed by atoms with Crippen molar-refractivity contribution in [1.82, 2.24) is 20.8 Å². The molecule has 3 aromatic rings. The van der Waals surface area contributed by atoms with Crippen molar-refractivity contribution in [1.29, 1.82) is 0 Å². The number of aliphatic imine (C=N–C) groups is 1. The van der Waals surface area contributed by atoms with E-state index in [1.54, 1.807) is 12.1 Å². The SMILES string of the molecule is CCNC(=NCCc1nc(-c2ccc(Cl)cc2)no1)NC(C)c1ccc(C)o1. The topological polar surface area (TPSA) is 88.5 Å². The van der Waals surface area contributed by atoms with Crippen molar-refractivity contribution in [2.24, 2.45) is 4.99 Å². The molecular formula is C20H24ClN5O2. The van der Waals surface area contributed by atoms with Gasteiger partial charge in [0.2, 0.25) is 11.7 Å². The lowest BCUT2D eigenvalue weighted by Gasteiger charge is -2.16. The van der Waals surface area contributed by atoms with Crippen molar-refractivity contribution in [2.75, 3.05) is 13.1 Å². The summed E-state index contributed by atoms with van der Waals surface area (Å²) in [6.07, 6.45) is 0.547. The molecule has 0 saturated carbocycles. The summed E-state index contributed by atoms with van der Waals surface area (Å²) in [5, 5.41) is 11.3. The Bertz CT molecular complexity index is 917. The number of halogens is 1. The zero-order valence-corrected chi connectivity index (χ0v) is 17.0. The molecule has 3 rings (SSSR count). The van der Waals surface area contributed by atoms with Crippen LogP contribution in [-0.2, 0) is 6.42 Å². The molecule has 2 heterocycles. The Balaban J connectivity index is 1.58. The number of benzene rings is 1. The quantitative estimate of drug-likeness (QED) is 0.456. The minimum absolute atomic E-state index is 0.00594. The highest BCUT2D eigenvalue weighted by atomic mass is 35.5. The number of hydrogen-bond acceptors (Lipinski definition) is 5. The summed E-state index contributed by atoms with van der Waals surface area (Å²) >= 11 is 5.91. The summed E-state index contributed by atoms with van der Waals surface area (Å²) in [6, 6.07) is 11.2. The van der Waals surface area contributed by atoms with Gasteiger partial charge in [-0.05, 0) is 57.2 Å². The van der Waals surface area contributed by atoms with Crippen LogP contribution in [0.5, 0.6) is 0 Å². The second kappa shape index (κ2) is 9.41. The lowest BCUT2D eigenvalue weighted by Crippen LogP contribution is -2.38. The van der Waals surface area contributed by atoms with Crippen LogP contribution >= 0.6 is 11.6 Å². The van der Waals surface area contributed by atoms with Gasteiger partial charge < -0.3 is 19.6 Å². The fourth-order valence-corrected chi connectivity index (χ4v) is 2.74. The highest BCUT2D eigenvalue weighted by Crippen LogP contribution is 2.19. The molecule has 2 aromatic heterocycles. The number of guanidine groups is 1. The minimum atomic E-state index is 0.00594. The fourth-order valence-electron chi connectivity index (χ4n) is 2.62. The van der Waals surface area contributed by atoms with E-state index in [2.05, 4.69) is 25.8 Å². The van der Waals surface area contributed by atoms with E-state index in [4.69, 9.17) is 20.5 Å². The first-order chi connectivity index (χ1) is 13.5. The van der Waals surface area contributed by atoms with Crippen molar-refractivity contribution in [3.05, 3.63) is 58.8 Å². The molecule has 0 aliphatic carbocycles. The molecular weight excluding hydrogens is 378 g/mol. The number of aryl methyl sites for hydroxylation is 1. The molecule has 0 aliphatic rings. The number of hydrogen-bond donors (Lipinski definition) is 2. The third-order valence-corrected chi connectivity index (χ3v) is 4.30. The second-order valence-corrected chi connectivity index (χ2v) is 6.78. The smallest absolute Gasteiger partial charge is 0.228 e. The Morgan fingerprint density at radius 1 is 1.21 bits per heavy atom. The maximum atomic E-state index is 5.91. The third kappa shape index (κ3) is 5.36. The molecule has 0 bridgehead atoms. The van der Waals surface area contributed by atoms with E-state index in [0.29, 0.717) is 35.7 Å². The van der Waals surface area contributed by atoms with Crippen LogP contribution in [-0.4, -0.2) is 29.2 Å². The largest absolute Gasteiger partial charge is 0.464 e. The van der Waals surface area contributed by atoms with E-state index < -0.39 is 0 Å². The van der Waals surface area contributed by atoms with Gasteiger partial charge in [-0.2, -0.15) is 4.98 Å². The maximum Gasteiger partial charge on any atom is 0.228 e. The van der Waals surface area contributed by atoms with Gasteiger partial charge in [-0.3, -0.25) is 4.99 Å². The van der Waals surface area contributed by atoms with Crippen LogP contribution in [0.15, 0.2) is 50.3 Å². The van der Waals surface area contributed by atoms with Gasteiger partial charge in [-0.15, -0.1) is 0 Å². The number of rotatable bonds is 7. The summed E-state index contributed by atoms with van der Waals surface area (Å²) < 4.78 is 11.0. The molecule has 0 spiro atoms. The summed E-state index contributed by atoms with van der Waals surface area (Å²) in [5.41, 5.74) is 0.862. The van der Waals surface area contributed by atoms with Gasteiger partial charge in [-0.1, -0.05) is 16.8 Å². The second-order valence-electron chi connectivity index (χ2n) is 6.34. The molecule has 0 aliphatic heterocycles. The average molecular weight is 402 g/mol. The molecule has 148 valence electrons. The van der Waals surface area contributed by atoms with Crippen molar-refractivity contribution in [3.63, 3.8) is 0 Å². The molecule has 1 unspecified atom stereocenters. The van der Waals surface area contributed by atoms with Crippen molar-refractivity contribution >= 4 is 17.6 Å². The van der Waals surface area contributed by atoms with E-state index in [-0.39, 0.29) is 6.04 Å². The molecule has 7 nitrogen and oxygen atoms in total. The lowest BCUT2D eigenvalue weighted by molar-refractivity contribution is 0.380. The van der Waals surface area contributed by atoms with Crippen LogP contribution in [0.4, 0.5) is 0 Å². The van der Waals surface area contributed by atoms with Crippen LogP contribution in [0.25, 0.3) is 11.4 Å². The molecule has 1 atom stereocenters. The predicted octanol–water partition coefficient (Wildman–Crippen LogP) is 4.15. The number of nitrogens with zero attached hydrogens (tertiary/aromatic N) is 3. The van der Waals surface area contributed by atoms with E-state index in [1.807, 2.05) is 45.0 Å². The molecule has 2 N–H and O–H groups in total. The van der Waals surface area contributed by atoms with E-state index in [1.165, 1.54) is 0 Å². The van der Waals surface area contributed by atoms with Crippen LogP contribution in [0.3, 0.4) is 0 Å². The maximum absolute atomic E-state index is 5.91. The molecule has 0 radical (unpaired) electrons. The Kier molecular flexibility index (Phi) is 6.71. The standard InChI is InChI=1S/C20H24ClN5O2/c1-4-22-20(24-14(3)17-10-5-13(2)27-17)23-12-11-18-25-19(26-28-18)15-6-8-16(21)9-7-15/h5-10,14H,4,11-12H2,1-3H3,(H2,22,23,24). The summed E-state index contributed by atoms with van der Waals surface area (Å²) in [5.74, 6) is 3.55. The first kappa shape index (κ1) is 19.9. The highest BCUT2D eigenvalue weighted by molar-refractivity contribution is 6.30. The molecule has 0 saturated heterocycles. The fraction of sp³-hybridized carbons (Fsp3) is 0.350. The van der Waals surface area contributed by atoms with Gasteiger partial charge in [0.05, 0.1) is 12.6 Å². The highest BCUT2D eigenvalue weighted by Gasteiger charge is 2.12. The van der Waals surface area contributed by atoms with Gasteiger partial charge in [-0.25, -0.2) is 0 Å².